The molecule has 0 rings (SSSR count). The minimum absolute atomic E-state index is 0.245. The molecule has 0 spiro atoms. The molecule has 4 amide bonds. The second-order valence-corrected chi connectivity index (χ2v) is 6.38. The van der Waals surface area contributed by atoms with E-state index in [-0.39, 0.29) is 19.3 Å². The van der Waals surface area contributed by atoms with Crippen molar-refractivity contribution in [2.24, 2.45) is 11.5 Å². The van der Waals surface area contributed by atoms with E-state index >= 15 is 0 Å². The van der Waals surface area contributed by atoms with Crippen molar-refractivity contribution in [3.8, 4) is 0 Å². The molecule has 0 unspecified atom stereocenters. The van der Waals surface area contributed by atoms with Crippen LogP contribution in [0.2, 0.25) is 0 Å². The van der Waals surface area contributed by atoms with Crippen molar-refractivity contribution < 1.29 is 48.9 Å². The van der Waals surface area contributed by atoms with E-state index in [2.05, 4.69) is 10.6 Å². The van der Waals surface area contributed by atoms with Crippen molar-refractivity contribution in [2.45, 2.75) is 50.2 Å². The Morgan fingerprint density at radius 2 is 1.29 bits per heavy atom. The summed E-state index contributed by atoms with van der Waals surface area (Å²) < 4.78 is 0. The standard InChI is InChI=1S/C16H25N5O10/c17-7(1-4-11(23)24)14(29)20-8(2-3-10(18)22)16(31)21-9(5-12(25)26)15(30)19-6-13(27)28/h7-9H,1-6,17H2,(H2,18,22)(H,19,30)(H,20,29)(H,21,31)(H,23,24)(H,25,26)(H,27,28)/t7-,8-,9-/m0/s1. The summed E-state index contributed by atoms with van der Waals surface area (Å²) in [4.78, 5) is 79.8. The van der Waals surface area contributed by atoms with E-state index < -0.39 is 79.0 Å². The van der Waals surface area contributed by atoms with Crippen LogP contribution in [-0.2, 0) is 33.6 Å². The number of carboxylic acids is 3. The summed E-state index contributed by atoms with van der Waals surface area (Å²) in [6, 6.07) is -4.44. The second kappa shape index (κ2) is 13.5. The third kappa shape index (κ3) is 12.4. The summed E-state index contributed by atoms with van der Waals surface area (Å²) in [6.07, 6.45) is -2.25. The van der Waals surface area contributed by atoms with Crippen LogP contribution in [0.15, 0.2) is 0 Å². The molecule has 10 N–H and O–H groups in total. The zero-order chi connectivity index (χ0) is 24.1. The summed E-state index contributed by atoms with van der Waals surface area (Å²) >= 11 is 0. The van der Waals surface area contributed by atoms with Crippen molar-refractivity contribution in [1.82, 2.24) is 16.0 Å². The minimum Gasteiger partial charge on any atom is -0.481 e. The summed E-state index contributed by atoms with van der Waals surface area (Å²) in [5, 5.41) is 32.3. The predicted molar refractivity (Wildman–Crippen MR) is 100 cm³/mol. The Labute approximate surface area is 175 Å². The molecule has 174 valence electrons. The van der Waals surface area contributed by atoms with Crippen LogP contribution in [0.4, 0.5) is 0 Å². The average Bonchev–Trinajstić information content (AvgIpc) is 2.65. The molecule has 0 aromatic heterocycles. The first-order valence-electron chi connectivity index (χ1n) is 8.91. The number of carboxylic acid groups (broad SMARTS) is 3. The highest BCUT2D eigenvalue weighted by Gasteiger charge is 2.29. The lowest BCUT2D eigenvalue weighted by Gasteiger charge is -2.23. The van der Waals surface area contributed by atoms with Crippen LogP contribution in [0, 0.1) is 0 Å². The van der Waals surface area contributed by atoms with Crippen LogP contribution in [0.1, 0.15) is 32.1 Å². The van der Waals surface area contributed by atoms with Gasteiger partial charge in [-0.3, -0.25) is 33.6 Å². The van der Waals surface area contributed by atoms with E-state index in [9.17, 15) is 33.6 Å². The Hall–Kier alpha value is -3.75. The molecule has 15 heteroatoms. The summed E-state index contributed by atoms with van der Waals surface area (Å²) in [5.41, 5.74) is 10.6. The van der Waals surface area contributed by atoms with Crippen molar-refractivity contribution in [1.29, 1.82) is 0 Å². The molecular formula is C16H25N5O10. The molecular weight excluding hydrogens is 422 g/mol. The fourth-order valence-electron chi connectivity index (χ4n) is 2.19. The van der Waals surface area contributed by atoms with Gasteiger partial charge in [-0.2, -0.15) is 0 Å². The fourth-order valence-corrected chi connectivity index (χ4v) is 2.19. The number of carbonyl (C=O) groups is 7. The molecule has 0 heterocycles. The highest BCUT2D eigenvalue weighted by Crippen LogP contribution is 2.03. The van der Waals surface area contributed by atoms with Gasteiger partial charge in [0, 0.05) is 12.8 Å². The van der Waals surface area contributed by atoms with Gasteiger partial charge in [-0.25, -0.2) is 0 Å². The SMILES string of the molecule is NC(=O)CC[C@H](NC(=O)[C@@H](N)CCC(=O)O)C(=O)N[C@@H](CC(=O)O)C(=O)NCC(=O)O. The molecule has 0 aliphatic carbocycles. The van der Waals surface area contributed by atoms with Crippen LogP contribution in [0.25, 0.3) is 0 Å². The lowest BCUT2D eigenvalue weighted by atomic mass is 10.1. The average molecular weight is 447 g/mol. The maximum atomic E-state index is 12.5. The van der Waals surface area contributed by atoms with Gasteiger partial charge < -0.3 is 42.7 Å². The molecule has 0 saturated heterocycles. The zero-order valence-corrected chi connectivity index (χ0v) is 16.3. The topological polar surface area (TPSA) is 268 Å². The quantitative estimate of drug-likeness (QED) is 0.120. The highest BCUT2D eigenvalue weighted by atomic mass is 16.4. The number of carbonyl (C=O) groups excluding carboxylic acids is 4. The Balaban J connectivity index is 5.31. The second-order valence-electron chi connectivity index (χ2n) is 6.38. The van der Waals surface area contributed by atoms with Gasteiger partial charge in [-0.15, -0.1) is 0 Å². The molecule has 15 nitrogen and oxygen atoms in total. The van der Waals surface area contributed by atoms with Crippen molar-refractivity contribution in [3.05, 3.63) is 0 Å². The highest BCUT2D eigenvalue weighted by molar-refractivity contribution is 5.95. The number of hydrogen-bond donors (Lipinski definition) is 8. The molecule has 0 bridgehead atoms. The van der Waals surface area contributed by atoms with E-state index in [1.807, 2.05) is 5.32 Å². The van der Waals surface area contributed by atoms with Gasteiger partial charge in [0.1, 0.15) is 18.6 Å². The smallest absolute Gasteiger partial charge is 0.322 e. The Morgan fingerprint density at radius 3 is 1.77 bits per heavy atom. The lowest BCUT2D eigenvalue weighted by molar-refractivity contribution is -0.142. The Bertz CT molecular complexity index is 726. The minimum atomic E-state index is -1.68. The normalized spacial score (nSPS) is 13.2. The summed E-state index contributed by atoms with van der Waals surface area (Å²) in [5.74, 6) is -7.98. The molecule has 0 radical (unpaired) electrons. The third-order valence-corrected chi connectivity index (χ3v) is 3.74. The third-order valence-electron chi connectivity index (χ3n) is 3.74. The monoisotopic (exact) mass is 447 g/mol. The van der Waals surface area contributed by atoms with Crippen molar-refractivity contribution in [3.63, 3.8) is 0 Å². The van der Waals surface area contributed by atoms with Crippen LogP contribution in [0.3, 0.4) is 0 Å². The van der Waals surface area contributed by atoms with Gasteiger partial charge in [0.05, 0.1) is 12.5 Å². The van der Waals surface area contributed by atoms with E-state index in [1.165, 1.54) is 0 Å². The fraction of sp³-hybridized carbons (Fsp3) is 0.562. The number of rotatable bonds is 15. The van der Waals surface area contributed by atoms with Gasteiger partial charge in [0.15, 0.2) is 0 Å². The van der Waals surface area contributed by atoms with Crippen molar-refractivity contribution >= 4 is 41.5 Å². The molecule has 0 aromatic carbocycles. The maximum Gasteiger partial charge on any atom is 0.322 e. The van der Waals surface area contributed by atoms with E-state index in [0.717, 1.165) is 0 Å². The van der Waals surface area contributed by atoms with Gasteiger partial charge in [-0.1, -0.05) is 0 Å². The molecule has 3 atom stereocenters. The number of nitrogens with one attached hydrogen (secondary N) is 3. The molecule has 0 aliphatic heterocycles. The lowest BCUT2D eigenvalue weighted by Crippen LogP contribution is -2.56. The molecule has 31 heavy (non-hydrogen) atoms. The molecule has 0 fully saturated rings. The summed E-state index contributed by atoms with van der Waals surface area (Å²) in [7, 11) is 0. The number of amides is 4. The van der Waals surface area contributed by atoms with Gasteiger partial charge in [0.25, 0.3) is 0 Å². The van der Waals surface area contributed by atoms with E-state index in [1.54, 1.807) is 0 Å². The first kappa shape index (κ1) is 27.2. The number of hydrogen-bond acceptors (Lipinski definition) is 8. The van der Waals surface area contributed by atoms with Crippen LogP contribution in [0.5, 0.6) is 0 Å². The van der Waals surface area contributed by atoms with Crippen molar-refractivity contribution in [2.75, 3.05) is 6.54 Å². The van der Waals surface area contributed by atoms with E-state index in [0.29, 0.717) is 0 Å². The first-order valence-corrected chi connectivity index (χ1v) is 8.91. The van der Waals surface area contributed by atoms with Crippen LogP contribution < -0.4 is 27.4 Å². The number of aliphatic carboxylic acids is 3. The first-order chi connectivity index (χ1) is 14.3. The Morgan fingerprint density at radius 1 is 0.710 bits per heavy atom. The largest absolute Gasteiger partial charge is 0.481 e. The van der Waals surface area contributed by atoms with Crippen LogP contribution in [-0.4, -0.2) is 81.5 Å². The number of primary amides is 1. The Kier molecular flexibility index (Phi) is 11.8. The molecule has 0 saturated carbocycles. The molecule has 0 aromatic rings. The maximum absolute atomic E-state index is 12.5. The van der Waals surface area contributed by atoms with E-state index in [4.69, 9.17) is 26.8 Å². The summed E-state index contributed by atoms with van der Waals surface area (Å²) in [6.45, 7) is -0.828. The molecule has 0 aliphatic rings. The number of nitrogens with two attached hydrogens (primary N) is 2. The van der Waals surface area contributed by atoms with Gasteiger partial charge >= 0.3 is 17.9 Å². The zero-order valence-electron chi connectivity index (χ0n) is 16.3. The van der Waals surface area contributed by atoms with Crippen LogP contribution >= 0.6 is 0 Å². The van der Waals surface area contributed by atoms with Gasteiger partial charge in [0.2, 0.25) is 23.6 Å². The predicted octanol–water partition coefficient (Wildman–Crippen LogP) is -3.91. The van der Waals surface area contributed by atoms with Gasteiger partial charge in [-0.05, 0) is 12.8 Å².